The molecule has 0 saturated carbocycles. The lowest BCUT2D eigenvalue weighted by Crippen LogP contribution is -2.31. The number of Topliss-reactive ketones (excluding diaryl/α,β-unsaturated/α-hetero) is 1. The number of methoxy groups -OCH3 is 1. The Kier molecular flexibility index (Phi) is 6.96. The second-order valence-electron chi connectivity index (χ2n) is 7.88. The van der Waals surface area contributed by atoms with E-state index in [-0.39, 0.29) is 11.3 Å². The zero-order valence-electron chi connectivity index (χ0n) is 19.2. The summed E-state index contributed by atoms with van der Waals surface area (Å²) in [6, 6.07) is 13.3. The third kappa shape index (κ3) is 4.66. The van der Waals surface area contributed by atoms with Crippen LogP contribution in [-0.2, 0) is 16.1 Å². The first-order valence-electron chi connectivity index (χ1n) is 11.1. The number of aliphatic hydroxyl groups excluding tert-OH is 1. The first-order valence-corrected chi connectivity index (χ1v) is 11.1. The van der Waals surface area contributed by atoms with E-state index >= 15 is 0 Å². The largest absolute Gasteiger partial charge is 0.507 e. The maximum atomic E-state index is 13.1. The third-order valence-corrected chi connectivity index (χ3v) is 5.76. The molecule has 0 radical (unpaired) electrons. The summed E-state index contributed by atoms with van der Waals surface area (Å²) < 4.78 is 12.7. The van der Waals surface area contributed by atoms with Gasteiger partial charge in [0.2, 0.25) is 0 Å². The number of hydrogen-bond acceptors (Lipinski definition) is 6. The van der Waals surface area contributed by atoms with Crippen molar-refractivity contribution in [2.45, 2.75) is 25.9 Å². The number of carbonyl (C=O) groups excluding carboxylic acids is 2. The lowest BCUT2D eigenvalue weighted by molar-refractivity contribution is -0.139. The molecular weight excluding hydrogens is 434 g/mol. The summed E-state index contributed by atoms with van der Waals surface area (Å²) in [5, 5.41) is 11.2. The van der Waals surface area contributed by atoms with Crippen molar-refractivity contribution in [2.75, 3.05) is 20.3 Å². The Morgan fingerprint density at radius 1 is 1.09 bits per heavy atom. The van der Waals surface area contributed by atoms with Gasteiger partial charge in [0.05, 0.1) is 31.7 Å². The van der Waals surface area contributed by atoms with E-state index in [0.717, 1.165) is 5.56 Å². The first kappa shape index (κ1) is 23.1. The van der Waals surface area contributed by atoms with Crippen LogP contribution < -0.4 is 9.47 Å². The fourth-order valence-electron chi connectivity index (χ4n) is 4.14. The number of amides is 1. The summed E-state index contributed by atoms with van der Waals surface area (Å²) in [6.45, 7) is 3.42. The van der Waals surface area contributed by atoms with Gasteiger partial charge in [0.15, 0.2) is 0 Å². The monoisotopic (exact) mass is 461 g/mol. The number of aryl methyl sites for hydroxylation is 1. The summed E-state index contributed by atoms with van der Waals surface area (Å²) in [5.41, 5.74) is 1.19. The Balaban J connectivity index is 1.73. The second-order valence-corrected chi connectivity index (χ2v) is 7.88. The van der Waals surface area contributed by atoms with Gasteiger partial charge in [-0.25, -0.2) is 4.98 Å². The Labute approximate surface area is 198 Å². The summed E-state index contributed by atoms with van der Waals surface area (Å²) >= 11 is 0. The van der Waals surface area contributed by atoms with Gasteiger partial charge in [-0.1, -0.05) is 24.3 Å². The smallest absolute Gasteiger partial charge is 0.295 e. The van der Waals surface area contributed by atoms with Crippen molar-refractivity contribution >= 4 is 17.4 Å². The molecule has 1 aliphatic heterocycles. The van der Waals surface area contributed by atoms with Gasteiger partial charge in [-0.2, -0.15) is 0 Å². The van der Waals surface area contributed by atoms with E-state index in [0.29, 0.717) is 43.2 Å². The van der Waals surface area contributed by atoms with Crippen LogP contribution in [-0.4, -0.2) is 51.5 Å². The van der Waals surface area contributed by atoms with Crippen molar-refractivity contribution in [1.82, 2.24) is 14.5 Å². The highest BCUT2D eigenvalue weighted by molar-refractivity contribution is 6.46. The molecule has 1 amide bonds. The van der Waals surface area contributed by atoms with E-state index in [9.17, 15) is 14.7 Å². The van der Waals surface area contributed by atoms with Crippen molar-refractivity contribution in [3.05, 3.63) is 84.0 Å². The number of ketones is 1. The van der Waals surface area contributed by atoms with Gasteiger partial charge in [-0.3, -0.25) is 9.59 Å². The van der Waals surface area contributed by atoms with Crippen LogP contribution in [0.5, 0.6) is 11.5 Å². The number of likely N-dealkylation sites (tertiary alicyclic amines) is 1. The molecule has 0 spiro atoms. The van der Waals surface area contributed by atoms with Gasteiger partial charge in [-0.15, -0.1) is 0 Å². The van der Waals surface area contributed by atoms with Crippen molar-refractivity contribution in [2.24, 2.45) is 0 Å². The number of aliphatic hydroxyl groups is 1. The Hall–Kier alpha value is -4.07. The number of nitrogens with zero attached hydrogens (tertiary/aromatic N) is 3. The Bertz CT molecular complexity index is 1190. The molecule has 1 aliphatic rings. The molecule has 8 heteroatoms. The van der Waals surface area contributed by atoms with Gasteiger partial charge in [0, 0.05) is 31.0 Å². The third-order valence-electron chi connectivity index (χ3n) is 5.76. The highest BCUT2D eigenvalue weighted by atomic mass is 16.5. The average molecular weight is 462 g/mol. The Morgan fingerprint density at radius 2 is 1.88 bits per heavy atom. The standard InChI is InChI=1S/C26H27N3O5/c1-3-34-20-10-8-18(9-11-20)23-22(24(30)19-6-4-7-21(16-19)33-2)25(31)26(32)29(23)14-5-13-28-15-12-27-17-28/h4,6-12,15-17,23,30H,3,5,13-14H2,1-2H3. The number of ether oxygens (including phenoxy) is 2. The molecule has 1 fully saturated rings. The summed E-state index contributed by atoms with van der Waals surface area (Å²) in [4.78, 5) is 31.8. The van der Waals surface area contributed by atoms with Crippen LogP contribution in [0.3, 0.4) is 0 Å². The molecule has 1 N–H and O–H groups in total. The van der Waals surface area contributed by atoms with E-state index in [1.165, 1.54) is 12.0 Å². The van der Waals surface area contributed by atoms with E-state index in [1.807, 2.05) is 29.8 Å². The van der Waals surface area contributed by atoms with Gasteiger partial charge in [-0.05, 0) is 43.2 Å². The van der Waals surface area contributed by atoms with Gasteiger partial charge < -0.3 is 24.0 Å². The summed E-state index contributed by atoms with van der Waals surface area (Å²) in [6.07, 6.45) is 5.87. The maximum absolute atomic E-state index is 13.1. The van der Waals surface area contributed by atoms with Crippen molar-refractivity contribution in [3.8, 4) is 11.5 Å². The number of imidazole rings is 1. The highest BCUT2D eigenvalue weighted by Gasteiger charge is 2.45. The number of aromatic nitrogens is 2. The van der Waals surface area contributed by atoms with Crippen LogP contribution in [0.1, 0.15) is 30.5 Å². The average Bonchev–Trinajstić information content (AvgIpc) is 3.47. The maximum Gasteiger partial charge on any atom is 0.295 e. The normalized spacial score (nSPS) is 17.2. The molecular formula is C26H27N3O5. The van der Waals surface area contributed by atoms with Crippen LogP contribution in [0.15, 0.2) is 72.8 Å². The molecule has 2 aromatic carbocycles. The zero-order valence-corrected chi connectivity index (χ0v) is 19.2. The van der Waals surface area contributed by atoms with Crippen LogP contribution in [0.4, 0.5) is 0 Å². The lowest BCUT2D eigenvalue weighted by Gasteiger charge is -2.25. The zero-order chi connectivity index (χ0) is 24.1. The van der Waals surface area contributed by atoms with Crippen molar-refractivity contribution in [1.29, 1.82) is 0 Å². The predicted molar refractivity (Wildman–Crippen MR) is 126 cm³/mol. The molecule has 8 nitrogen and oxygen atoms in total. The van der Waals surface area contributed by atoms with Gasteiger partial charge >= 0.3 is 0 Å². The highest BCUT2D eigenvalue weighted by Crippen LogP contribution is 2.40. The van der Waals surface area contributed by atoms with Crippen LogP contribution >= 0.6 is 0 Å². The number of rotatable bonds is 9. The molecule has 1 saturated heterocycles. The van der Waals surface area contributed by atoms with Crippen molar-refractivity contribution < 1.29 is 24.2 Å². The minimum atomic E-state index is -0.718. The first-order chi connectivity index (χ1) is 16.5. The fourth-order valence-corrected chi connectivity index (χ4v) is 4.14. The molecule has 0 bridgehead atoms. The molecule has 34 heavy (non-hydrogen) atoms. The van der Waals surface area contributed by atoms with Crippen LogP contribution in [0.2, 0.25) is 0 Å². The summed E-state index contributed by atoms with van der Waals surface area (Å²) in [7, 11) is 1.53. The molecule has 1 aromatic heterocycles. The molecule has 2 heterocycles. The van der Waals surface area contributed by atoms with Gasteiger partial charge in [0.25, 0.3) is 11.7 Å². The van der Waals surface area contributed by atoms with E-state index < -0.39 is 17.7 Å². The molecule has 3 aromatic rings. The molecule has 0 aliphatic carbocycles. The second kappa shape index (κ2) is 10.2. The molecule has 4 rings (SSSR count). The topological polar surface area (TPSA) is 93.9 Å². The van der Waals surface area contributed by atoms with Gasteiger partial charge in [0.1, 0.15) is 17.3 Å². The molecule has 176 valence electrons. The SMILES string of the molecule is CCOc1ccc(C2C(=C(O)c3cccc(OC)c3)C(=O)C(=O)N2CCCn2ccnc2)cc1. The number of hydrogen-bond donors (Lipinski definition) is 1. The predicted octanol–water partition coefficient (Wildman–Crippen LogP) is 3.80. The number of carbonyl (C=O) groups is 2. The minimum absolute atomic E-state index is 0.0602. The minimum Gasteiger partial charge on any atom is -0.507 e. The number of benzene rings is 2. The fraction of sp³-hybridized carbons (Fsp3) is 0.269. The van der Waals surface area contributed by atoms with Crippen LogP contribution in [0.25, 0.3) is 5.76 Å². The molecule has 1 atom stereocenters. The van der Waals surface area contributed by atoms with Crippen LogP contribution in [0, 0.1) is 0 Å². The lowest BCUT2D eigenvalue weighted by atomic mass is 9.95. The van der Waals surface area contributed by atoms with E-state index in [2.05, 4.69) is 4.98 Å². The molecule has 1 unspecified atom stereocenters. The van der Waals surface area contributed by atoms with E-state index in [1.54, 1.807) is 48.9 Å². The van der Waals surface area contributed by atoms with Crippen molar-refractivity contribution in [3.63, 3.8) is 0 Å². The van der Waals surface area contributed by atoms with E-state index in [4.69, 9.17) is 9.47 Å². The quantitative estimate of drug-likeness (QED) is 0.296. The Morgan fingerprint density at radius 3 is 2.56 bits per heavy atom. The summed E-state index contributed by atoms with van der Waals surface area (Å²) in [5.74, 6) is -0.337.